The lowest BCUT2D eigenvalue weighted by atomic mass is 10.2. The second-order valence-electron chi connectivity index (χ2n) is 3.50. The Morgan fingerprint density at radius 3 is 3.00 bits per heavy atom. The third-order valence-corrected chi connectivity index (χ3v) is 3.09. The molecule has 0 fully saturated rings. The molecule has 1 aromatic carbocycles. The van der Waals surface area contributed by atoms with Gasteiger partial charge >= 0.3 is 0 Å². The lowest BCUT2D eigenvalue weighted by molar-refractivity contribution is 0.112. The van der Waals surface area contributed by atoms with Crippen molar-refractivity contribution in [1.29, 1.82) is 0 Å². The molecule has 0 aromatic heterocycles. The largest absolute Gasteiger partial charge is 0.381 e. The number of carbonyl (C=O) groups excluding carboxylic acids is 1. The van der Waals surface area contributed by atoms with Gasteiger partial charge in [0.25, 0.3) is 0 Å². The van der Waals surface area contributed by atoms with Gasteiger partial charge in [0.2, 0.25) is 0 Å². The minimum Gasteiger partial charge on any atom is -0.381 e. The second-order valence-corrected chi connectivity index (χ2v) is 4.67. The van der Waals surface area contributed by atoms with Crippen molar-refractivity contribution in [2.24, 2.45) is 0 Å². The summed E-state index contributed by atoms with van der Waals surface area (Å²) < 4.78 is 5.46. The van der Waals surface area contributed by atoms with Crippen molar-refractivity contribution in [3.63, 3.8) is 0 Å². The zero-order valence-corrected chi connectivity index (χ0v) is 10.5. The Hall–Kier alpha value is -0.800. The van der Waals surface area contributed by atoms with Gasteiger partial charge in [-0.15, -0.1) is 11.8 Å². The molecule has 0 amide bonds. The fraction of sp³-hybridized carbons (Fsp3) is 0.462. The van der Waals surface area contributed by atoms with Gasteiger partial charge in [0.1, 0.15) is 6.29 Å². The molecule has 0 aliphatic carbocycles. The molecule has 2 nitrogen and oxygen atoms in total. The van der Waals surface area contributed by atoms with Crippen molar-refractivity contribution in [3.8, 4) is 0 Å². The molecule has 1 aromatic rings. The summed E-state index contributed by atoms with van der Waals surface area (Å²) in [6.45, 7) is 3.78. The number of benzene rings is 1. The van der Waals surface area contributed by atoms with Gasteiger partial charge in [-0.2, -0.15) is 0 Å². The lowest BCUT2D eigenvalue weighted by Gasteiger charge is -2.03. The van der Waals surface area contributed by atoms with Crippen LogP contribution in [0.3, 0.4) is 0 Å². The molecule has 0 saturated carbocycles. The zero-order chi connectivity index (χ0) is 11.6. The molecule has 0 unspecified atom stereocenters. The van der Waals surface area contributed by atoms with Gasteiger partial charge in [-0.3, -0.25) is 4.79 Å². The normalized spacial score (nSPS) is 10.3. The van der Waals surface area contributed by atoms with E-state index < -0.39 is 0 Å². The van der Waals surface area contributed by atoms with Crippen molar-refractivity contribution < 1.29 is 9.53 Å². The Balaban J connectivity index is 2.18. The van der Waals surface area contributed by atoms with E-state index in [2.05, 4.69) is 6.92 Å². The number of thioether (sulfide) groups is 1. The molecule has 3 heteroatoms. The maximum atomic E-state index is 10.6. The van der Waals surface area contributed by atoms with E-state index in [9.17, 15) is 4.79 Å². The third kappa shape index (κ3) is 5.33. The summed E-state index contributed by atoms with van der Waals surface area (Å²) in [5, 5.41) is 0. The Labute approximate surface area is 101 Å². The predicted octanol–water partition coefficient (Wildman–Crippen LogP) is 3.41. The van der Waals surface area contributed by atoms with E-state index in [4.69, 9.17) is 4.74 Å². The highest BCUT2D eigenvalue weighted by molar-refractivity contribution is 7.99. The van der Waals surface area contributed by atoms with Crippen LogP contribution in [0.2, 0.25) is 0 Å². The van der Waals surface area contributed by atoms with E-state index in [1.807, 2.05) is 24.3 Å². The molecular formula is C13H18O2S. The number of carbonyl (C=O) groups is 1. The number of ether oxygens (including phenoxy) is 1. The maximum Gasteiger partial charge on any atom is 0.150 e. The number of hydrogen-bond acceptors (Lipinski definition) is 3. The monoisotopic (exact) mass is 238 g/mol. The molecule has 0 bridgehead atoms. The first-order valence-electron chi connectivity index (χ1n) is 5.62. The molecule has 0 atom stereocenters. The highest BCUT2D eigenvalue weighted by Gasteiger charge is 1.96. The summed E-state index contributed by atoms with van der Waals surface area (Å²) in [6.07, 6.45) is 3.18. The SMILES string of the molecule is CCCCOCCSc1cccc(C=O)c1. The highest BCUT2D eigenvalue weighted by atomic mass is 32.2. The summed E-state index contributed by atoms with van der Waals surface area (Å²) >= 11 is 1.72. The van der Waals surface area contributed by atoms with E-state index in [0.717, 1.165) is 42.1 Å². The predicted molar refractivity (Wildman–Crippen MR) is 68.3 cm³/mol. The minimum atomic E-state index is 0.733. The van der Waals surface area contributed by atoms with Crippen LogP contribution in [0.25, 0.3) is 0 Å². The summed E-state index contributed by atoms with van der Waals surface area (Å²) in [4.78, 5) is 11.7. The smallest absolute Gasteiger partial charge is 0.150 e. The molecular weight excluding hydrogens is 220 g/mol. The van der Waals surface area contributed by atoms with E-state index >= 15 is 0 Å². The van der Waals surface area contributed by atoms with Gasteiger partial charge in [-0.1, -0.05) is 25.5 Å². The molecule has 0 N–H and O–H groups in total. The number of rotatable bonds is 8. The molecule has 0 aliphatic heterocycles. The fourth-order valence-corrected chi connectivity index (χ4v) is 2.08. The summed E-state index contributed by atoms with van der Waals surface area (Å²) in [6, 6.07) is 7.65. The molecule has 0 aliphatic rings. The van der Waals surface area contributed by atoms with Crippen LogP contribution in [0.4, 0.5) is 0 Å². The molecule has 16 heavy (non-hydrogen) atoms. The molecule has 0 heterocycles. The van der Waals surface area contributed by atoms with E-state index in [1.165, 1.54) is 6.42 Å². The Morgan fingerprint density at radius 2 is 2.25 bits per heavy atom. The van der Waals surface area contributed by atoms with Crippen LogP contribution in [0.5, 0.6) is 0 Å². The quantitative estimate of drug-likeness (QED) is 0.394. The highest BCUT2D eigenvalue weighted by Crippen LogP contribution is 2.18. The van der Waals surface area contributed by atoms with Gasteiger partial charge in [0.05, 0.1) is 6.61 Å². The molecule has 0 spiro atoms. The van der Waals surface area contributed by atoms with Crippen molar-refractivity contribution >= 4 is 18.0 Å². The van der Waals surface area contributed by atoms with Gasteiger partial charge in [0, 0.05) is 22.8 Å². The first-order valence-corrected chi connectivity index (χ1v) is 6.61. The van der Waals surface area contributed by atoms with Crippen molar-refractivity contribution in [3.05, 3.63) is 29.8 Å². The number of hydrogen-bond donors (Lipinski definition) is 0. The van der Waals surface area contributed by atoms with Gasteiger partial charge in [-0.25, -0.2) is 0 Å². The molecule has 0 radical (unpaired) electrons. The van der Waals surface area contributed by atoms with Crippen LogP contribution in [0, 0.1) is 0 Å². The summed E-state index contributed by atoms with van der Waals surface area (Å²) in [5.74, 6) is 0.937. The zero-order valence-electron chi connectivity index (χ0n) is 9.65. The van der Waals surface area contributed by atoms with E-state index in [1.54, 1.807) is 11.8 Å². The third-order valence-electron chi connectivity index (χ3n) is 2.13. The summed E-state index contributed by atoms with van der Waals surface area (Å²) in [5.41, 5.74) is 0.733. The Bertz CT molecular complexity index is 313. The standard InChI is InChI=1S/C13H18O2S/c1-2-3-7-15-8-9-16-13-6-4-5-12(10-13)11-14/h4-6,10-11H,2-3,7-9H2,1H3. The second kappa shape index (κ2) is 8.36. The van der Waals surface area contributed by atoms with Gasteiger partial charge in [0.15, 0.2) is 0 Å². The fourth-order valence-electron chi connectivity index (χ4n) is 1.24. The summed E-state index contributed by atoms with van der Waals surface area (Å²) in [7, 11) is 0. The van der Waals surface area contributed by atoms with Gasteiger partial charge < -0.3 is 4.74 Å². The van der Waals surface area contributed by atoms with Crippen LogP contribution >= 0.6 is 11.8 Å². The first-order chi connectivity index (χ1) is 7.86. The van der Waals surface area contributed by atoms with Crippen LogP contribution in [-0.4, -0.2) is 25.3 Å². The lowest BCUT2D eigenvalue weighted by Crippen LogP contribution is -1.98. The van der Waals surface area contributed by atoms with Crippen LogP contribution < -0.4 is 0 Å². The topological polar surface area (TPSA) is 26.3 Å². The number of aldehydes is 1. The average molecular weight is 238 g/mol. The molecule has 88 valence electrons. The van der Waals surface area contributed by atoms with Gasteiger partial charge in [-0.05, 0) is 18.6 Å². The van der Waals surface area contributed by atoms with Crippen molar-refractivity contribution in [1.82, 2.24) is 0 Å². The maximum absolute atomic E-state index is 10.6. The number of unbranched alkanes of at least 4 members (excludes halogenated alkanes) is 1. The van der Waals surface area contributed by atoms with E-state index in [-0.39, 0.29) is 0 Å². The molecule has 1 rings (SSSR count). The van der Waals surface area contributed by atoms with Crippen LogP contribution in [0.1, 0.15) is 30.1 Å². The Kier molecular flexibility index (Phi) is 6.93. The first kappa shape index (κ1) is 13.3. The van der Waals surface area contributed by atoms with Crippen molar-refractivity contribution in [2.45, 2.75) is 24.7 Å². The molecule has 0 saturated heterocycles. The van der Waals surface area contributed by atoms with Crippen molar-refractivity contribution in [2.75, 3.05) is 19.0 Å². The van der Waals surface area contributed by atoms with E-state index in [0.29, 0.717) is 0 Å². The average Bonchev–Trinajstić information content (AvgIpc) is 2.34. The minimum absolute atomic E-state index is 0.733. The Morgan fingerprint density at radius 1 is 1.38 bits per heavy atom. The van der Waals surface area contributed by atoms with Crippen LogP contribution in [-0.2, 0) is 4.74 Å². The van der Waals surface area contributed by atoms with Crippen LogP contribution in [0.15, 0.2) is 29.2 Å².